The van der Waals surface area contributed by atoms with E-state index < -0.39 is 33.6 Å². The van der Waals surface area contributed by atoms with Crippen molar-refractivity contribution in [2.75, 3.05) is 7.05 Å². The molecule has 1 atom stereocenters. The lowest BCUT2D eigenvalue weighted by Gasteiger charge is -2.20. The first kappa shape index (κ1) is 14.6. The van der Waals surface area contributed by atoms with Gasteiger partial charge < -0.3 is 5.11 Å². The van der Waals surface area contributed by atoms with E-state index in [0.717, 1.165) is 10.4 Å². The third-order valence-electron chi connectivity index (χ3n) is 2.58. The number of benzene rings is 1. The van der Waals surface area contributed by atoms with Crippen molar-refractivity contribution in [3.05, 3.63) is 35.6 Å². The van der Waals surface area contributed by atoms with Crippen LogP contribution < -0.4 is 0 Å². The Bertz CT molecular complexity index is 544. The molecule has 1 unspecified atom stereocenters. The van der Waals surface area contributed by atoms with Crippen molar-refractivity contribution < 1.29 is 22.7 Å². The van der Waals surface area contributed by atoms with Crippen LogP contribution >= 0.6 is 0 Å². The summed E-state index contributed by atoms with van der Waals surface area (Å²) in [6.45, 7) is 1.27. The van der Waals surface area contributed by atoms with E-state index in [1.54, 1.807) is 0 Å². The van der Waals surface area contributed by atoms with Gasteiger partial charge >= 0.3 is 5.97 Å². The van der Waals surface area contributed by atoms with Gasteiger partial charge in [-0.25, -0.2) is 12.8 Å². The lowest BCUT2D eigenvalue weighted by atomic mass is 10.2. The molecule has 0 aromatic heterocycles. The Morgan fingerprint density at radius 2 is 2.11 bits per heavy atom. The summed E-state index contributed by atoms with van der Waals surface area (Å²) in [5.41, 5.74) is 0.277. The van der Waals surface area contributed by atoms with Crippen molar-refractivity contribution in [1.82, 2.24) is 4.31 Å². The Labute approximate surface area is 105 Å². The normalized spacial score (nSPS) is 13.6. The van der Waals surface area contributed by atoms with E-state index in [4.69, 9.17) is 5.11 Å². The molecular weight excluding hydrogens is 261 g/mol. The van der Waals surface area contributed by atoms with Crippen molar-refractivity contribution in [2.45, 2.75) is 18.7 Å². The van der Waals surface area contributed by atoms with Crippen molar-refractivity contribution in [3.63, 3.8) is 0 Å². The highest BCUT2D eigenvalue weighted by atomic mass is 32.2. The molecule has 5 nitrogen and oxygen atoms in total. The Morgan fingerprint density at radius 3 is 2.61 bits per heavy atom. The van der Waals surface area contributed by atoms with E-state index in [1.165, 1.54) is 32.2 Å². The molecule has 0 aliphatic rings. The molecule has 0 amide bonds. The number of sulfonamides is 1. The summed E-state index contributed by atoms with van der Waals surface area (Å²) >= 11 is 0. The molecule has 18 heavy (non-hydrogen) atoms. The zero-order chi connectivity index (χ0) is 13.9. The second-order valence-electron chi connectivity index (χ2n) is 3.92. The largest absolute Gasteiger partial charge is 0.480 e. The molecule has 0 spiro atoms. The summed E-state index contributed by atoms with van der Waals surface area (Å²) < 4.78 is 37.5. The van der Waals surface area contributed by atoms with Gasteiger partial charge in [0.05, 0.1) is 5.75 Å². The standard InChI is InChI=1S/C11H14FNO4S/c1-8(11(14)15)13(2)18(16,17)7-9-4-3-5-10(12)6-9/h3-6,8H,7H2,1-2H3,(H,14,15). The quantitative estimate of drug-likeness (QED) is 0.872. The van der Waals surface area contributed by atoms with Gasteiger partial charge in [-0.2, -0.15) is 4.31 Å². The Hall–Kier alpha value is -1.47. The van der Waals surface area contributed by atoms with Crippen LogP contribution in [0, 0.1) is 5.82 Å². The van der Waals surface area contributed by atoms with Crippen LogP contribution in [0.25, 0.3) is 0 Å². The number of carboxylic acids is 1. The van der Waals surface area contributed by atoms with Gasteiger partial charge in [0.15, 0.2) is 0 Å². The molecule has 0 aliphatic carbocycles. The molecule has 7 heteroatoms. The maximum atomic E-state index is 12.9. The SMILES string of the molecule is CC(C(=O)O)N(C)S(=O)(=O)Cc1cccc(F)c1. The summed E-state index contributed by atoms with van der Waals surface area (Å²) in [5, 5.41) is 8.76. The average molecular weight is 275 g/mol. The number of nitrogens with zero attached hydrogens (tertiary/aromatic N) is 1. The maximum Gasteiger partial charge on any atom is 0.321 e. The summed E-state index contributed by atoms with van der Waals surface area (Å²) in [7, 11) is -2.60. The van der Waals surface area contributed by atoms with Crippen LogP contribution in [0.1, 0.15) is 12.5 Å². The van der Waals surface area contributed by atoms with E-state index >= 15 is 0 Å². The first-order valence-electron chi connectivity index (χ1n) is 5.17. The number of rotatable bonds is 5. The van der Waals surface area contributed by atoms with Crippen LogP contribution in [0.2, 0.25) is 0 Å². The predicted octanol–water partition coefficient (Wildman–Crippen LogP) is 1.06. The van der Waals surface area contributed by atoms with E-state index in [9.17, 15) is 17.6 Å². The van der Waals surface area contributed by atoms with E-state index in [-0.39, 0.29) is 5.56 Å². The van der Waals surface area contributed by atoms with Gasteiger partial charge in [-0.1, -0.05) is 12.1 Å². The minimum Gasteiger partial charge on any atom is -0.480 e. The van der Waals surface area contributed by atoms with Crippen molar-refractivity contribution in [2.24, 2.45) is 0 Å². The van der Waals surface area contributed by atoms with Gasteiger partial charge in [-0.15, -0.1) is 0 Å². The number of aliphatic carboxylic acids is 1. The molecule has 1 aromatic rings. The van der Waals surface area contributed by atoms with Gasteiger partial charge in [0, 0.05) is 7.05 Å². The van der Waals surface area contributed by atoms with Crippen molar-refractivity contribution in [1.29, 1.82) is 0 Å². The van der Waals surface area contributed by atoms with E-state index in [2.05, 4.69) is 0 Å². The van der Waals surface area contributed by atoms with E-state index in [1.807, 2.05) is 0 Å². The van der Waals surface area contributed by atoms with Crippen LogP contribution in [0.15, 0.2) is 24.3 Å². The molecule has 0 fully saturated rings. The number of hydrogen-bond acceptors (Lipinski definition) is 3. The number of hydrogen-bond donors (Lipinski definition) is 1. The zero-order valence-corrected chi connectivity index (χ0v) is 10.8. The maximum absolute atomic E-state index is 12.9. The van der Waals surface area contributed by atoms with Crippen LogP contribution in [0.4, 0.5) is 4.39 Å². The molecule has 1 N–H and O–H groups in total. The highest BCUT2D eigenvalue weighted by Gasteiger charge is 2.27. The molecule has 0 saturated heterocycles. The topological polar surface area (TPSA) is 74.7 Å². The summed E-state index contributed by atoms with van der Waals surface area (Å²) in [6.07, 6.45) is 0. The predicted molar refractivity (Wildman–Crippen MR) is 63.9 cm³/mol. The Balaban J connectivity index is 2.92. The molecule has 0 bridgehead atoms. The minimum absolute atomic E-state index is 0.277. The second-order valence-corrected chi connectivity index (χ2v) is 5.95. The monoisotopic (exact) mass is 275 g/mol. The Morgan fingerprint density at radius 1 is 1.50 bits per heavy atom. The molecule has 0 heterocycles. The summed E-state index contributed by atoms with van der Waals surface area (Å²) in [4.78, 5) is 10.7. The third kappa shape index (κ3) is 3.51. The second kappa shape index (κ2) is 5.45. The fourth-order valence-electron chi connectivity index (χ4n) is 1.34. The number of carboxylic acid groups (broad SMARTS) is 1. The molecule has 1 aromatic carbocycles. The van der Waals surface area contributed by atoms with Gasteiger partial charge in [0.1, 0.15) is 11.9 Å². The van der Waals surface area contributed by atoms with E-state index in [0.29, 0.717) is 0 Å². The number of carbonyl (C=O) groups is 1. The van der Waals surface area contributed by atoms with Gasteiger partial charge in [-0.05, 0) is 24.6 Å². The minimum atomic E-state index is -3.79. The van der Waals surface area contributed by atoms with Gasteiger partial charge in [0.25, 0.3) is 0 Å². The Kier molecular flexibility index (Phi) is 4.42. The van der Waals surface area contributed by atoms with Crippen LogP contribution in [0.5, 0.6) is 0 Å². The van der Waals surface area contributed by atoms with Crippen LogP contribution in [-0.2, 0) is 20.6 Å². The fourth-order valence-corrected chi connectivity index (χ4v) is 2.71. The first-order valence-corrected chi connectivity index (χ1v) is 6.78. The molecule has 0 saturated carbocycles. The molecule has 100 valence electrons. The smallest absolute Gasteiger partial charge is 0.321 e. The lowest BCUT2D eigenvalue weighted by molar-refractivity contribution is -0.140. The van der Waals surface area contributed by atoms with Crippen molar-refractivity contribution in [3.8, 4) is 0 Å². The average Bonchev–Trinajstić information content (AvgIpc) is 2.26. The number of likely N-dealkylation sites (N-methyl/N-ethyl adjacent to an activating group) is 1. The third-order valence-corrected chi connectivity index (χ3v) is 4.47. The summed E-state index contributed by atoms with van der Waals surface area (Å²) in [6, 6.07) is 4.03. The van der Waals surface area contributed by atoms with Crippen molar-refractivity contribution >= 4 is 16.0 Å². The molecule has 0 aliphatic heterocycles. The summed E-state index contributed by atoms with van der Waals surface area (Å²) in [5.74, 6) is -2.20. The molecular formula is C11H14FNO4S. The fraction of sp³-hybridized carbons (Fsp3) is 0.364. The molecule has 0 radical (unpaired) electrons. The van der Waals surface area contributed by atoms with Gasteiger partial charge in [0.2, 0.25) is 10.0 Å². The van der Waals surface area contributed by atoms with Gasteiger partial charge in [-0.3, -0.25) is 4.79 Å². The number of halogens is 1. The highest BCUT2D eigenvalue weighted by molar-refractivity contribution is 7.88. The van der Waals surface area contributed by atoms with Crippen LogP contribution in [-0.4, -0.2) is 36.9 Å². The van der Waals surface area contributed by atoms with Crippen LogP contribution in [0.3, 0.4) is 0 Å². The molecule has 1 rings (SSSR count). The zero-order valence-electron chi connectivity index (χ0n) is 10.00. The lowest BCUT2D eigenvalue weighted by Crippen LogP contribution is -2.40. The first-order chi connectivity index (χ1) is 8.24. The highest BCUT2D eigenvalue weighted by Crippen LogP contribution is 2.13.